The molecule has 0 atom stereocenters. The standard InChI is InChI=1S/C10H3F9.C10H11F3O.2C10H11F3.C9H3F7.C9H6F6.C9H7F5.C8H3F7.2C8H7F3/c1-2-4(11)6(13)3(7(14)5(2)12)10(18,19)8(15)9(16)17;1-3-14-9-5-4-7(2)6-8(9)10(11,12)13;1-6-4-9(10(11,12)13)5-7(2)8(6)3;1-8-2-4-9(5-3-8)6-7-10(11,12)13;1-2-4(10)6(12)3(7(13)5(2)11)8(14)9(15)16;1-5-2-6(8(10,11)12)4-7(3-5)9(13,14)15;1-6-2-4-7(5-3-6)8(10,11)9(12,13)14;1-2-4(9)6(11)3(8(13,14)15)7(12)5(2)10;1-6-2-4-7(5-3-6)8(9,10)11;1-6-3-2-4-7(5-6)8(9,10)11/h1H3;4-6H,3H2,1-2H3;4-5H,1-3H3;2-5H,6-7H2,1H3;1H3;2-4H,1H3;2-5H,1H3;1H3;2*2-5H,1H3. The Kier molecular flexibility index (Phi) is 45.6. The van der Waals surface area contributed by atoms with Gasteiger partial charge in [0.15, 0.2) is 69.8 Å². The van der Waals surface area contributed by atoms with Gasteiger partial charge in [-0.15, -0.1) is 0 Å². The third-order valence-electron chi connectivity index (χ3n) is 17.9. The lowest BCUT2D eigenvalue weighted by atomic mass is 10.0. The van der Waals surface area contributed by atoms with Crippen LogP contribution in [-0.2, 0) is 61.5 Å². The van der Waals surface area contributed by atoms with Gasteiger partial charge in [0.25, 0.3) is 0 Å². The molecule has 50 heteroatoms. The van der Waals surface area contributed by atoms with Crippen molar-refractivity contribution in [2.75, 3.05) is 6.61 Å². The molecule has 0 radical (unpaired) electrons. The normalized spacial score (nSPS) is 11.8. The quantitative estimate of drug-likeness (QED) is 0.109. The molecule has 0 heterocycles. The van der Waals surface area contributed by atoms with Crippen LogP contribution in [0.25, 0.3) is 5.83 Å². The summed E-state index contributed by atoms with van der Waals surface area (Å²) >= 11 is 0. The maximum Gasteiger partial charge on any atom is 0.458 e. The van der Waals surface area contributed by atoms with Crippen molar-refractivity contribution in [2.24, 2.45) is 0 Å². The molecule has 10 aromatic carbocycles. The van der Waals surface area contributed by atoms with Gasteiger partial charge in [-0.2, -0.15) is 158 Å². The van der Waals surface area contributed by atoms with Crippen molar-refractivity contribution in [3.8, 4) is 5.75 Å². The number of hydrogen-bond acceptors (Lipinski definition) is 1. The van der Waals surface area contributed by atoms with Gasteiger partial charge in [-0.3, -0.25) is 0 Å². The molecule has 0 unspecified atom stereocenters. The summed E-state index contributed by atoms with van der Waals surface area (Å²) in [6.07, 6.45) is -48.9. The lowest BCUT2D eigenvalue weighted by Gasteiger charge is -2.19. The van der Waals surface area contributed by atoms with E-state index in [2.05, 4.69) is 0 Å². The second-order valence-corrected chi connectivity index (χ2v) is 29.0. The summed E-state index contributed by atoms with van der Waals surface area (Å²) in [5, 5.41) is 0. The number of allylic oxidation sites excluding steroid dienone is 1. The zero-order valence-electron chi connectivity index (χ0n) is 73.4. The Morgan fingerprint density at radius 1 is 0.270 bits per heavy atom. The fourth-order valence-corrected chi connectivity index (χ4v) is 10.3. The van der Waals surface area contributed by atoms with Crippen LogP contribution in [0.3, 0.4) is 0 Å². The first-order valence-electron chi connectivity index (χ1n) is 38.1. The van der Waals surface area contributed by atoms with Gasteiger partial charge < -0.3 is 4.74 Å². The molecule has 0 fully saturated rings. The molecule has 0 aliphatic heterocycles. The third-order valence-corrected chi connectivity index (χ3v) is 17.9. The summed E-state index contributed by atoms with van der Waals surface area (Å²) in [5.74, 6) is -43.4. The summed E-state index contributed by atoms with van der Waals surface area (Å²) in [4.78, 5) is 0. The van der Waals surface area contributed by atoms with Crippen molar-refractivity contribution in [3.05, 3.63) is 361 Å². The molecule has 141 heavy (non-hydrogen) atoms. The first-order valence-corrected chi connectivity index (χ1v) is 38.1. The lowest BCUT2D eigenvalue weighted by Crippen LogP contribution is -2.33. The fourth-order valence-electron chi connectivity index (χ4n) is 10.3. The van der Waals surface area contributed by atoms with Crippen molar-refractivity contribution < 1.29 is 220 Å². The highest BCUT2D eigenvalue weighted by molar-refractivity contribution is 5.62. The molecule has 0 aliphatic carbocycles. The van der Waals surface area contributed by atoms with Gasteiger partial charge in [0.05, 0.1) is 45.6 Å². The van der Waals surface area contributed by atoms with Gasteiger partial charge in [-0.25, -0.2) is 57.1 Å². The van der Waals surface area contributed by atoms with Gasteiger partial charge >= 0.3 is 79.6 Å². The van der Waals surface area contributed by atoms with Crippen LogP contribution in [0.4, 0.5) is 215 Å². The SMILES string of the molecule is CCOc1ccc(C)cc1C(F)(F)F.Cc1c(F)c(F)c(C(F)(F)C(F)=C(F)F)c(F)c1F.Cc1c(F)c(F)c(C(F)(F)F)c(F)c1F.Cc1c(F)c(F)c(C(F)=C(F)F)c(F)c1F.Cc1cc(C(F)(F)F)cc(C(F)(F)F)c1.Cc1cc(C(F)(F)F)cc(C)c1C.Cc1ccc(C(F)(F)C(F)(F)F)cc1.Cc1ccc(C(F)(F)F)cc1.Cc1ccc(CCC(F)(F)F)cc1.Cc1cccc(C(F)(F)F)c1. The van der Waals surface area contributed by atoms with E-state index in [-0.39, 0.29) is 30.4 Å². The molecule has 0 saturated heterocycles. The van der Waals surface area contributed by atoms with Crippen molar-refractivity contribution in [2.45, 2.75) is 170 Å². The van der Waals surface area contributed by atoms with Crippen LogP contribution in [0.1, 0.15) is 141 Å². The summed E-state index contributed by atoms with van der Waals surface area (Å²) in [6, 6.07) is 29.3. The number of rotatable bonds is 8. The molecule has 0 N–H and O–H groups in total. The van der Waals surface area contributed by atoms with Gasteiger partial charge in [-0.1, -0.05) is 113 Å². The summed E-state index contributed by atoms with van der Waals surface area (Å²) < 4.78 is 609. The fraction of sp³-hybridized carbons (Fsp3) is 0.297. The first kappa shape index (κ1) is 127. The van der Waals surface area contributed by atoms with E-state index >= 15 is 0 Å². The molecule has 782 valence electrons. The minimum Gasteiger partial charge on any atom is -0.493 e. The van der Waals surface area contributed by atoms with Crippen LogP contribution in [0.2, 0.25) is 0 Å². The van der Waals surface area contributed by atoms with Crippen molar-refractivity contribution in [1.29, 1.82) is 0 Å². The van der Waals surface area contributed by atoms with Crippen molar-refractivity contribution >= 4 is 5.83 Å². The maximum absolute atomic E-state index is 13.1. The predicted octanol–water partition coefficient (Wildman–Crippen LogP) is 36.6. The average Bonchev–Trinajstić information content (AvgIpc) is 0.740. The summed E-state index contributed by atoms with van der Waals surface area (Å²) in [7, 11) is 0. The molecule has 0 bridgehead atoms. The highest BCUT2D eigenvalue weighted by atomic mass is 19.5. The lowest BCUT2D eigenvalue weighted by molar-refractivity contribution is -0.289. The van der Waals surface area contributed by atoms with E-state index in [9.17, 15) is 215 Å². The Hall–Kier alpha value is -12.0. The highest BCUT2D eigenvalue weighted by Gasteiger charge is 2.59. The largest absolute Gasteiger partial charge is 0.493 e. The van der Waals surface area contributed by atoms with Crippen LogP contribution in [0.15, 0.2) is 164 Å². The monoisotopic (exact) mass is 2110 g/mol. The van der Waals surface area contributed by atoms with E-state index in [1.54, 1.807) is 72.7 Å². The minimum absolute atomic E-state index is 0.0721. The van der Waals surface area contributed by atoms with Crippen molar-refractivity contribution in [3.63, 3.8) is 0 Å². The van der Waals surface area contributed by atoms with Gasteiger partial charge in [0, 0.05) is 28.7 Å². The Morgan fingerprint density at radius 2 is 0.589 bits per heavy atom. The van der Waals surface area contributed by atoms with Gasteiger partial charge in [-0.05, 0) is 185 Å². The molecule has 0 amide bonds. The summed E-state index contributed by atoms with van der Waals surface area (Å²) in [5.41, 5.74) is -10.2. The van der Waals surface area contributed by atoms with E-state index in [0.717, 1.165) is 64.7 Å². The highest BCUT2D eigenvalue weighted by Crippen LogP contribution is 2.47. The molecule has 0 aromatic heterocycles. The predicted molar refractivity (Wildman–Crippen MR) is 416 cm³/mol. The van der Waals surface area contributed by atoms with Gasteiger partial charge in [0.1, 0.15) is 16.9 Å². The topological polar surface area (TPSA) is 9.23 Å². The molecule has 0 saturated carbocycles. The Morgan fingerprint density at radius 3 is 0.894 bits per heavy atom. The average molecular weight is 2110 g/mol. The number of ether oxygens (including phenoxy) is 1. The van der Waals surface area contributed by atoms with Crippen molar-refractivity contribution in [1.82, 2.24) is 0 Å². The smallest absolute Gasteiger partial charge is 0.458 e. The molecule has 10 rings (SSSR count). The van der Waals surface area contributed by atoms with E-state index in [4.69, 9.17) is 4.74 Å². The molecule has 0 aliphatic rings. The van der Waals surface area contributed by atoms with Crippen LogP contribution >= 0.6 is 0 Å². The summed E-state index contributed by atoms with van der Waals surface area (Å²) in [6.45, 7) is 18.6. The second kappa shape index (κ2) is 50.6. The Balaban J connectivity index is 0.000000786. The molecule has 0 spiro atoms. The zero-order chi connectivity index (χ0) is 110. The van der Waals surface area contributed by atoms with E-state index in [1.807, 2.05) is 26.0 Å². The minimum atomic E-state index is -5.54. The van der Waals surface area contributed by atoms with Gasteiger partial charge in [0.2, 0.25) is 11.7 Å². The van der Waals surface area contributed by atoms with E-state index in [0.29, 0.717) is 60.7 Å². The molecular formula is C91H69F49O. The van der Waals surface area contributed by atoms with E-state index < -0.39 is 240 Å². The number of alkyl halides is 31. The van der Waals surface area contributed by atoms with Crippen LogP contribution in [0, 0.1) is 153 Å². The number of benzene rings is 10. The maximum atomic E-state index is 13.1. The molecule has 10 aromatic rings. The molecule has 1 nitrogen and oxygen atoms in total. The third kappa shape index (κ3) is 38.1. The Bertz CT molecular complexity index is 5700. The first-order chi connectivity index (χ1) is 63.6. The zero-order valence-corrected chi connectivity index (χ0v) is 73.4. The Labute approximate surface area is 767 Å². The van der Waals surface area contributed by atoms with E-state index in [1.165, 1.54) is 55.5 Å². The number of halogens is 49. The number of hydrogen-bond donors (Lipinski definition) is 0. The number of aryl methyl sites for hydroxylation is 9. The second-order valence-electron chi connectivity index (χ2n) is 29.0. The van der Waals surface area contributed by atoms with Crippen LogP contribution in [0.5, 0.6) is 5.75 Å². The van der Waals surface area contributed by atoms with Crippen LogP contribution in [-0.4, -0.2) is 19.0 Å². The van der Waals surface area contributed by atoms with Crippen LogP contribution < -0.4 is 4.74 Å². The molecular weight excluding hydrogens is 2040 g/mol.